The van der Waals surface area contributed by atoms with Crippen molar-refractivity contribution in [1.29, 1.82) is 0 Å². The predicted molar refractivity (Wildman–Crippen MR) is 73.7 cm³/mol. The molecule has 2 aromatic rings. The molecule has 0 saturated carbocycles. The lowest BCUT2D eigenvalue weighted by Gasteiger charge is -1.99. The number of pyridine rings is 1. The van der Waals surface area contributed by atoms with Crippen LogP contribution in [0.3, 0.4) is 0 Å². The lowest BCUT2D eigenvalue weighted by molar-refractivity contribution is 0.951. The van der Waals surface area contributed by atoms with E-state index in [0.29, 0.717) is 5.95 Å². The topological polar surface area (TPSA) is 42.2 Å². The first-order valence-corrected chi connectivity index (χ1v) is 6.71. The van der Waals surface area contributed by atoms with Gasteiger partial charge in [-0.3, -0.25) is 0 Å². The highest BCUT2D eigenvalue weighted by atomic mass is 32.2. The van der Waals surface area contributed by atoms with Crippen molar-refractivity contribution in [3.05, 3.63) is 36.5 Å². The molecule has 4 nitrogen and oxygen atoms in total. The van der Waals surface area contributed by atoms with Gasteiger partial charge in [-0.2, -0.15) is 16.7 Å². The van der Waals surface area contributed by atoms with Gasteiger partial charge in [0.1, 0.15) is 0 Å². The van der Waals surface area contributed by atoms with E-state index in [1.165, 1.54) is 0 Å². The number of thioether (sulfide) groups is 1. The highest BCUT2D eigenvalue weighted by Crippen LogP contribution is 2.09. The minimum Gasteiger partial charge on any atom is -0.352 e. The summed E-state index contributed by atoms with van der Waals surface area (Å²) in [5.41, 5.74) is 2.04. The summed E-state index contributed by atoms with van der Waals surface area (Å²) in [7, 11) is 0. The van der Waals surface area contributed by atoms with Crippen LogP contribution in [-0.2, 0) is 0 Å². The van der Waals surface area contributed by atoms with Crippen molar-refractivity contribution >= 4 is 23.4 Å². The zero-order valence-electron chi connectivity index (χ0n) is 9.89. The van der Waals surface area contributed by atoms with Crippen LogP contribution in [0.15, 0.2) is 31.0 Å². The van der Waals surface area contributed by atoms with Gasteiger partial charge in [0, 0.05) is 24.2 Å². The normalized spacial score (nSPS) is 10.6. The van der Waals surface area contributed by atoms with E-state index < -0.39 is 0 Å². The fourth-order valence-electron chi connectivity index (χ4n) is 1.52. The van der Waals surface area contributed by atoms with E-state index in [9.17, 15) is 0 Å². The molecule has 0 aliphatic rings. The molecule has 0 aliphatic heterocycles. The molecular formula is C12H16N4S. The summed E-state index contributed by atoms with van der Waals surface area (Å²) < 4.78 is 1.80. The Balaban J connectivity index is 1.95. The van der Waals surface area contributed by atoms with Crippen LogP contribution in [0.4, 0.5) is 5.95 Å². The molecule has 0 radical (unpaired) electrons. The summed E-state index contributed by atoms with van der Waals surface area (Å²) >= 11 is 1.84. The number of aryl methyl sites for hydroxylation is 1. The van der Waals surface area contributed by atoms with E-state index in [1.807, 2.05) is 43.1 Å². The van der Waals surface area contributed by atoms with Crippen molar-refractivity contribution in [2.45, 2.75) is 6.92 Å². The van der Waals surface area contributed by atoms with Gasteiger partial charge in [0.05, 0.1) is 0 Å². The standard InChI is InChI=1S/C12H16N4S/c1-3-8-17-9-6-13-12-14-11-10(2)5-4-7-16(11)15-12/h3-5,7H,1,6,8-9H2,2H3,(H,13,15). The van der Waals surface area contributed by atoms with Crippen LogP contribution in [0.1, 0.15) is 5.56 Å². The van der Waals surface area contributed by atoms with Crippen molar-refractivity contribution in [3.8, 4) is 0 Å². The summed E-state index contributed by atoms with van der Waals surface area (Å²) in [4.78, 5) is 4.44. The molecule has 0 saturated heterocycles. The van der Waals surface area contributed by atoms with Crippen molar-refractivity contribution in [3.63, 3.8) is 0 Å². The summed E-state index contributed by atoms with van der Waals surface area (Å²) in [5.74, 6) is 2.71. The average Bonchev–Trinajstić information content (AvgIpc) is 2.73. The number of nitrogens with one attached hydrogen (secondary N) is 1. The Morgan fingerprint density at radius 3 is 3.24 bits per heavy atom. The molecule has 1 N–H and O–H groups in total. The molecule has 5 heteroatoms. The van der Waals surface area contributed by atoms with E-state index in [0.717, 1.165) is 29.3 Å². The van der Waals surface area contributed by atoms with Gasteiger partial charge in [-0.25, -0.2) is 4.52 Å². The Labute approximate surface area is 105 Å². The lowest BCUT2D eigenvalue weighted by Crippen LogP contribution is -2.05. The number of fused-ring (bicyclic) bond motifs is 1. The molecule has 90 valence electrons. The quantitative estimate of drug-likeness (QED) is 0.629. The van der Waals surface area contributed by atoms with Crippen molar-refractivity contribution in [2.24, 2.45) is 0 Å². The van der Waals surface area contributed by atoms with E-state index in [-0.39, 0.29) is 0 Å². The number of nitrogens with zero attached hydrogens (tertiary/aromatic N) is 3. The zero-order chi connectivity index (χ0) is 12.1. The first kappa shape index (κ1) is 12.0. The van der Waals surface area contributed by atoms with Gasteiger partial charge < -0.3 is 5.32 Å². The molecule has 17 heavy (non-hydrogen) atoms. The monoisotopic (exact) mass is 248 g/mol. The molecule has 2 rings (SSSR count). The SMILES string of the molecule is C=CCSCCNc1nc2c(C)cccn2n1. The van der Waals surface area contributed by atoms with E-state index in [2.05, 4.69) is 22.0 Å². The van der Waals surface area contributed by atoms with Gasteiger partial charge in [-0.05, 0) is 18.6 Å². The van der Waals surface area contributed by atoms with Crippen LogP contribution in [0.5, 0.6) is 0 Å². The van der Waals surface area contributed by atoms with Gasteiger partial charge in [-0.15, -0.1) is 11.7 Å². The molecule has 0 amide bonds. The molecular weight excluding hydrogens is 232 g/mol. The third-order valence-electron chi connectivity index (χ3n) is 2.32. The van der Waals surface area contributed by atoms with E-state index in [1.54, 1.807) is 4.52 Å². The molecule has 0 aromatic carbocycles. The fraction of sp³-hybridized carbons (Fsp3) is 0.333. The second kappa shape index (κ2) is 5.72. The molecule has 0 fully saturated rings. The van der Waals surface area contributed by atoms with Gasteiger partial charge in [-0.1, -0.05) is 12.1 Å². The zero-order valence-corrected chi connectivity index (χ0v) is 10.7. The maximum atomic E-state index is 4.44. The molecule has 0 unspecified atom stereocenters. The van der Waals surface area contributed by atoms with E-state index >= 15 is 0 Å². The summed E-state index contributed by atoms with van der Waals surface area (Å²) in [6.45, 7) is 6.59. The van der Waals surface area contributed by atoms with E-state index in [4.69, 9.17) is 0 Å². The van der Waals surface area contributed by atoms with Crippen LogP contribution in [-0.4, -0.2) is 32.6 Å². The van der Waals surface area contributed by atoms with Crippen molar-refractivity contribution < 1.29 is 0 Å². The summed E-state index contributed by atoms with van der Waals surface area (Å²) in [6.07, 6.45) is 3.82. The lowest BCUT2D eigenvalue weighted by atomic mass is 10.3. The van der Waals surface area contributed by atoms with Gasteiger partial charge in [0.25, 0.3) is 0 Å². The number of rotatable bonds is 6. The second-order valence-electron chi connectivity index (χ2n) is 3.69. The smallest absolute Gasteiger partial charge is 0.243 e. The predicted octanol–water partition coefficient (Wildman–Crippen LogP) is 2.37. The molecule has 0 atom stereocenters. The Bertz CT molecular complexity index is 506. The Kier molecular flexibility index (Phi) is 4.03. The minimum atomic E-state index is 0.693. The van der Waals surface area contributed by atoms with Crippen LogP contribution < -0.4 is 5.32 Å². The van der Waals surface area contributed by atoms with Gasteiger partial charge in [0.2, 0.25) is 5.95 Å². The van der Waals surface area contributed by atoms with Gasteiger partial charge >= 0.3 is 0 Å². The van der Waals surface area contributed by atoms with Crippen LogP contribution >= 0.6 is 11.8 Å². The third-order valence-corrected chi connectivity index (χ3v) is 3.29. The minimum absolute atomic E-state index is 0.693. The maximum absolute atomic E-state index is 4.44. The third kappa shape index (κ3) is 3.00. The first-order chi connectivity index (χ1) is 8.31. The molecule has 0 bridgehead atoms. The molecule has 2 aromatic heterocycles. The molecule has 0 spiro atoms. The fourth-order valence-corrected chi connectivity index (χ4v) is 2.10. The number of hydrogen-bond donors (Lipinski definition) is 1. The summed E-state index contributed by atoms with van der Waals surface area (Å²) in [6, 6.07) is 4.01. The average molecular weight is 248 g/mol. The molecule has 0 aliphatic carbocycles. The maximum Gasteiger partial charge on any atom is 0.243 e. The van der Waals surface area contributed by atoms with Crippen molar-refractivity contribution in [1.82, 2.24) is 14.6 Å². The Morgan fingerprint density at radius 2 is 2.47 bits per heavy atom. The highest BCUT2D eigenvalue weighted by Gasteiger charge is 2.03. The molecule has 2 heterocycles. The first-order valence-electron chi connectivity index (χ1n) is 5.56. The van der Waals surface area contributed by atoms with Crippen molar-refractivity contribution in [2.75, 3.05) is 23.4 Å². The Morgan fingerprint density at radius 1 is 1.59 bits per heavy atom. The number of aromatic nitrogens is 3. The van der Waals surface area contributed by atoms with Crippen LogP contribution in [0, 0.1) is 6.92 Å². The van der Waals surface area contributed by atoms with Gasteiger partial charge in [0.15, 0.2) is 5.65 Å². The largest absolute Gasteiger partial charge is 0.352 e. The number of anilines is 1. The Hall–Kier alpha value is -1.49. The van der Waals surface area contributed by atoms with Crippen LogP contribution in [0.25, 0.3) is 5.65 Å². The second-order valence-corrected chi connectivity index (χ2v) is 4.83. The highest BCUT2D eigenvalue weighted by molar-refractivity contribution is 7.99. The van der Waals surface area contributed by atoms with Crippen LogP contribution in [0.2, 0.25) is 0 Å². The summed E-state index contributed by atoms with van der Waals surface area (Å²) in [5, 5.41) is 7.58. The number of hydrogen-bond acceptors (Lipinski definition) is 4.